The lowest BCUT2D eigenvalue weighted by Gasteiger charge is -1.91. The summed E-state index contributed by atoms with van der Waals surface area (Å²) in [7, 11) is 0. The first-order valence-corrected chi connectivity index (χ1v) is 13.2. The maximum Gasteiger partial charge on any atom is 0.159 e. The normalized spacial score (nSPS) is 12.1. The van der Waals surface area contributed by atoms with E-state index in [1.165, 1.54) is 20.2 Å². The quantitative estimate of drug-likeness (QED) is 0.203. The van der Waals surface area contributed by atoms with Crippen molar-refractivity contribution in [2.45, 2.75) is 0 Å². The minimum atomic E-state index is 0.834. The molecule has 154 valence electrons. The van der Waals surface area contributed by atoms with Crippen LogP contribution >= 0.6 is 54.5 Å². The molecule has 3 aromatic carbocycles. The smallest absolute Gasteiger partial charge is 0.159 e. The van der Waals surface area contributed by atoms with Gasteiger partial charge in [-0.15, -0.1) is 22.7 Å². The minimum Gasteiger partial charge on any atom is -0.454 e. The Morgan fingerprint density at radius 3 is 1.44 bits per heavy atom. The highest BCUT2D eigenvalue weighted by molar-refractivity contribution is 9.11. The van der Waals surface area contributed by atoms with E-state index in [1.807, 2.05) is 0 Å². The highest BCUT2D eigenvalue weighted by Gasteiger charge is 2.21. The zero-order chi connectivity index (χ0) is 21.4. The summed E-state index contributed by atoms with van der Waals surface area (Å²) in [5.74, 6) is 1.71. The molecule has 0 atom stereocenters. The van der Waals surface area contributed by atoms with Gasteiger partial charge >= 0.3 is 0 Å². The highest BCUT2D eigenvalue weighted by atomic mass is 79.9. The van der Waals surface area contributed by atoms with Gasteiger partial charge in [0.1, 0.15) is 11.2 Å². The van der Waals surface area contributed by atoms with Crippen molar-refractivity contribution < 1.29 is 8.83 Å². The second-order valence-corrected chi connectivity index (χ2v) is 11.4. The molecule has 0 amide bonds. The number of hydrogen-bond donors (Lipinski definition) is 0. The number of benzene rings is 3. The maximum atomic E-state index is 6.34. The first kappa shape index (κ1) is 19.1. The fraction of sp³-hybridized carbons (Fsp3) is 0. The number of furan rings is 2. The summed E-state index contributed by atoms with van der Waals surface area (Å²) in [5, 5.41) is 4.47. The van der Waals surface area contributed by atoms with Crippen LogP contribution in [-0.4, -0.2) is 0 Å². The van der Waals surface area contributed by atoms with Gasteiger partial charge < -0.3 is 8.83 Å². The van der Waals surface area contributed by atoms with Crippen molar-refractivity contribution in [1.82, 2.24) is 0 Å². The largest absolute Gasteiger partial charge is 0.454 e. The molecule has 32 heavy (non-hydrogen) atoms. The molecule has 4 heterocycles. The third kappa shape index (κ3) is 2.80. The molecule has 0 radical (unpaired) electrons. The number of rotatable bonds is 2. The topological polar surface area (TPSA) is 26.3 Å². The molecule has 0 saturated carbocycles. The van der Waals surface area contributed by atoms with E-state index in [0.717, 1.165) is 52.2 Å². The van der Waals surface area contributed by atoms with Crippen molar-refractivity contribution in [1.29, 1.82) is 0 Å². The SMILES string of the molecule is Brc1c(-c2cc3ccccc3s2)oc2cc3c(Br)c(-c4cc5ccccc5s4)oc3cc12. The average molecular weight is 580 g/mol. The molecule has 6 heteroatoms. The molecule has 0 aliphatic carbocycles. The fourth-order valence-electron chi connectivity index (χ4n) is 4.13. The predicted molar refractivity (Wildman–Crippen MR) is 143 cm³/mol. The van der Waals surface area contributed by atoms with Crippen LogP contribution in [0.25, 0.3) is 63.4 Å². The van der Waals surface area contributed by atoms with Gasteiger partial charge in [0.05, 0.1) is 18.7 Å². The summed E-state index contributed by atoms with van der Waals surface area (Å²) in [6, 6.07) is 25.3. The molecular formula is C26H12Br2O2S2. The Hall–Kier alpha value is -2.38. The first-order valence-electron chi connectivity index (χ1n) is 9.98. The van der Waals surface area contributed by atoms with Crippen LogP contribution in [0.2, 0.25) is 0 Å². The van der Waals surface area contributed by atoms with Crippen LogP contribution in [0, 0.1) is 0 Å². The summed E-state index contributed by atoms with van der Waals surface area (Å²) in [6.07, 6.45) is 0. The summed E-state index contributed by atoms with van der Waals surface area (Å²) < 4.78 is 17.1. The molecular weight excluding hydrogens is 568 g/mol. The Morgan fingerprint density at radius 2 is 1.00 bits per heavy atom. The Morgan fingerprint density at radius 1 is 0.562 bits per heavy atom. The Bertz CT molecular complexity index is 1620. The lowest BCUT2D eigenvalue weighted by Crippen LogP contribution is -1.68. The third-order valence-corrected chi connectivity index (χ3v) is 9.48. The second kappa shape index (κ2) is 7.06. The van der Waals surface area contributed by atoms with Crippen LogP contribution in [0.4, 0.5) is 0 Å². The molecule has 0 unspecified atom stereocenters. The van der Waals surface area contributed by atoms with Gasteiger partial charge in [0, 0.05) is 20.2 Å². The molecule has 0 spiro atoms. The molecule has 0 fully saturated rings. The highest BCUT2D eigenvalue weighted by Crippen LogP contribution is 2.47. The first-order chi connectivity index (χ1) is 15.7. The van der Waals surface area contributed by atoms with Crippen molar-refractivity contribution >= 4 is 96.6 Å². The standard InChI is InChI=1S/C26H12Br2O2S2/c27-23-15-11-18-16(24(28)26(30-18)22-10-14-6-2-4-8-20(14)32-22)12-17(15)29-25(23)21-9-13-5-1-3-7-19(13)31-21/h1-12H. The van der Waals surface area contributed by atoms with Gasteiger partial charge in [0.2, 0.25) is 0 Å². The van der Waals surface area contributed by atoms with Crippen molar-refractivity contribution in [2.24, 2.45) is 0 Å². The van der Waals surface area contributed by atoms with Crippen molar-refractivity contribution in [3.8, 4) is 21.3 Å². The Labute approximate surface area is 207 Å². The van der Waals surface area contributed by atoms with E-state index >= 15 is 0 Å². The van der Waals surface area contributed by atoms with E-state index in [2.05, 4.69) is 105 Å². The maximum absolute atomic E-state index is 6.34. The van der Waals surface area contributed by atoms with Gasteiger partial charge in [0.15, 0.2) is 11.5 Å². The molecule has 0 aliphatic heterocycles. The van der Waals surface area contributed by atoms with Gasteiger partial charge in [-0.1, -0.05) is 36.4 Å². The Balaban J connectivity index is 1.41. The molecule has 4 aromatic heterocycles. The second-order valence-electron chi connectivity index (χ2n) is 7.63. The third-order valence-electron chi connectivity index (χ3n) is 5.68. The number of thiophene rings is 2. The van der Waals surface area contributed by atoms with E-state index < -0.39 is 0 Å². The minimum absolute atomic E-state index is 0.834. The lowest BCUT2D eigenvalue weighted by atomic mass is 10.2. The molecule has 0 saturated heterocycles. The van der Waals surface area contributed by atoms with Gasteiger partial charge in [0.25, 0.3) is 0 Å². The number of fused-ring (bicyclic) bond motifs is 4. The number of hydrogen-bond acceptors (Lipinski definition) is 4. The predicted octanol–water partition coefficient (Wildman–Crippen LogP) is 10.5. The van der Waals surface area contributed by atoms with Gasteiger partial charge in [-0.05, 0) is 79.0 Å². The van der Waals surface area contributed by atoms with E-state index in [0.29, 0.717) is 0 Å². The van der Waals surface area contributed by atoms with Gasteiger partial charge in [-0.25, -0.2) is 0 Å². The number of halogens is 2. The van der Waals surface area contributed by atoms with Crippen LogP contribution < -0.4 is 0 Å². The van der Waals surface area contributed by atoms with E-state index in [4.69, 9.17) is 8.83 Å². The zero-order valence-electron chi connectivity index (χ0n) is 16.3. The van der Waals surface area contributed by atoms with Crippen LogP contribution in [-0.2, 0) is 0 Å². The van der Waals surface area contributed by atoms with Gasteiger partial charge in [-0.3, -0.25) is 0 Å². The van der Waals surface area contributed by atoms with Crippen LogP contribution in [0.3, 0.4) is 0 Å². The molecule has 0 bridgehead atoms. The van der Waals surface area contributed by atoms with Crippen molar-refractivity contribution in [2.75, 3.05) is 0 Å². The van der Waals surface area contributed by atoms with Crippen LogP contribution in [0.1, 0.15) is 0 Å². The molecule has 7 aromatic rings. The summed E-state index contributed by atoms with van der Waals surface area (Å²) in [5.41, 5.74) is 1.67. The summed E-state index contributed by atoms with van der Waals surface area (Å²) in [4.78, 5) is 2.21. The van der Waals surface area contributed by atoms with Crippen molar-refractivity contribution in [3.05, 3.63) is 81.7 Å². The molecule has 0 aliphatic rings. The summed E-state index contributed by atoms with van der Waals surface area (Å²) in [6.45, 7) is 0. The van der Waals surface area contributed by atoms with E-state index in [9.17, 15) is 0 Å². The monoisotopic (exact) mass is 578 g/mol. The lowest BCUT2D eigenvalue weighted by molar-refractivity contribution is 0.628. The van der Waals surface area contributed by atoms with Crippen LogP contribution in [0.15, 0.2) is 90.6 Å². The van der Waals surface area contributed by atoms with E-state index in [-0.39, 0.29) is 0 Å². The molecule has 0 N–H and O–H groups in total. The fourth-order valence-corrected chi connectivity index (χ4v) is 7.70. The average Bonchev–Trinajstić information content (AvgIpc) is 3.56. The van der Waals surface area contributed by atoms with Crippen molar-refractivity contribution in [3.63, 3.8) is 0 Å². The Kier molecular flexibility index (Phi) is 4.22. The molecule has 7 rings (SSSR count). The van der Waals surface area contributed by atoms with Gasteiger partial charge in [-0.2, -0.15) is 0 Å². The zero-order valence-corrected chi connectivity index (χ0v) is 21.1. The molecule has 2 nitrogen and oxygen atoms in total. The summed E-state index contributed by atoms with van der Waals surface area (Å²) >= 11 is 11.0. The van der Waals surface area contributed by atoms with Crippen LogP contribution in [0.5, 0.6) is 0 Å². The van der Waals surface area contributed by atoms with E-state index in [1.54, 1.807) is 22.7 Å².